The Kier molecular flexibility index (Phi) is 3.33. The molecule has 0 saturated heterocycles. The van der Waals surface area contributed by atoms with Crippen molar-refractivity contribution < 1.29 is 9.53 Å². The van der Waals surface area contributed by atoms with Gasteiger partial charge in [-0.05, 0) is 63.3 Å². The van der Waals surface area contributed by atoms with Crippen LogP contribution in [0.1, 0.15) is 50.7 Å². The number of carbonyl (C=O) groups is 1. The van der Waals surface area contributed by atoms with Crippen LogP contribution in [0.4, 0.5) is 5.69 Å². The summed E-state index contributed by atoms with van der Waals surface area (Å²) in [6.45, 7) is 5.69. The van der Waals surface area contributed by atoms with Gasteiger partial charge in [0.15, 0.2) is 0 Å². The number of esters is 1. The molecule has 18 heavy (non-hydrogen) atoms. The number of nitrogens with two attached hydrogens (primary N) is 1. The van der Waals surface area contributed by atoms with E-state index in [0.29, 0.717) is 5.69 Å². The van der Waals surface area contributed by atoms with E-state index in [0.717, 1.165) is 24.8 Å². The van der Waals surface area contributed by atoms with Gasteiger partial charge in [0.2, 0.25) is 0 Å². The summed E-state index contributed by atoms with van der Waals surface area (Å²) in [7, 11) is 0. The molecule has 2 N–H and O–H groups in total. The maximum atomic E-state index is 12.2. The maximum absolute atomic E-state index is 12.2. The van der Waals surface area contributed by atoms with Crippen molar-refractivity contribution >= 4 is 11.7 Å². The third-order valence-corrected chi connectivity index (χ3v) is 3.18. The monoisotopic (exact) mass is 247 g/mol. The van der Waals surface area contributed by atoms with Crippen molar-refractivity contribution in [3.63, 3.8) is 0 Å². The van der Waals surface area contributed by atoms with Crippen LogP contribution < -0.4 is 5.73 Å². The van der Waals surface area contributed by atoms with E-state index in [1.165, 1.54) is 5.56 Å². The van der Waals surface area contributed by atoms with Crippen LogP contribution in [-0.2, 0) is 16.0 Å². The van der Waals surface area contributed by atoms with Crippen LogP contribution in [0.3, 0.4) is 0 Å². The molecule has 1 aromatic rings. The molecule has 1 unspecified atom stereocenters. The summed E-state index contributed by atoms with van der Waals surface area (Å²) < 4.78 is 5.49. The second-order valence-corrected chi connectivity index (χ2v) is 5.94. The summed E-state index contributed by atoms with van der Waals surface area (Å²) in [5, 5.41) is 0. The Bertz CT molecular complexity index is 460. The van der Waals surface area contributed by atoms with Gasteiger partial charge in [0, 0.05) is 5.69 Å². The molecule has 0 aliphatic heterocycles. The van der Waals surface area contributed by atoms with Crippen LogP contribution in [0.25, 0.3) is 0 Å². The van der Waals surface area contributed by atoms with Crippen LogP contribution in [0.5, 0.6) is 0 Å². The fourth-order valence-corrected chi connectivity index (χ4v) is 2.44. The molecule has 0 aromatic heterocycles. The lowest BCUT2D eigenvalue weighted by Gasteiger charge is -2.28. The average Bonchev–Trinajstić information content (AvgIpc) is 2.25. The van der Waals surface area contributed by atoms with Gasteiger partial charge in [-0.1, -0.05) is 6.07 Å². The van der Waals surface area contributed by atoms with Gasteiger partial charge in [0.05, 0.1) is 5.92 Å². The average molecular weight is 247 g/mol. The van der Waals surface area contributed by atoms with E-state index >= 15 is 0 Å². The van der Waals surface area contributed by atoms with Gasteiger partial charge in [-0.3, -0.25) is 4.79 Å². The standard InChI is InChI=1S/C15H21NO2/c1-15(2,3)18-14(17)12-6-4-5-10-7-8-11(16)9-13(10)12/h7-9,12H,4-6,16H2,1-3H3. The van der Waals surface area contributed by atoms with E-state index in [9.17, 15) is 4.79 Å². The third kappa shape index (κ3) is 2.84. The number of fused-ring (bicyclic) bond motifs is 1. The van der Waals surface area contributed by atoms with Crippen LogP contribution in [0.15, 0.2) is 18.2 Å². The molecule has 1 aliphatic rings. The number of hydrogen-bond acceptors (Lipinski definition) is 3. The fraction of sp³-hybridized carbons (Fsp3) is 0.533. The minimum absolute atomic E-state index is 0.131. The number of aryl methyl sites for hydroxylation is 1. The molecule has 0 saturated carbocycles. The minimum Gasteiger partial charge on any atom is -0.459 e. The Labute approximate surface area is 108 Å². The summed E-state index contributed by atoms with van der Waals surface area (Å²) in [6.07, 6.45) is 2.90. The van der Waals surface area contributed by atoms with E-state index < -0.39 is 5.60 Å². The second-order valence-electron chi connectivity index (χ2n) is 5.94. The molecule has 2 rings (SSSR count). The Morgan fingerprint density at radius 3 is 2.78 bits per heavy atom. The molecular formula is C15H21NO2. The van der Waals surface area contributed by atoms with Crippen molar-refractivity contribution in [2.24, 2.45) is 0 Å². The molecule has 98 valence electrons. The third-order valence-electron chi connectivity index (χ3n) is 3.18. The van der Waals surface area contributed by atoms with Crippen molar-refractivity contribution in [2.75, 3.05) is 5.73 Å². The van der Waals surface area contributed by atoms with E-state index in [1.807, 2.05) is 39.0 Å². The van der Waals surface area contributed by atoms with E-state index in [2.05, 4.69) is 0 Å². The first kappa shape index (κ1) is 12.9. The molecule has 1 aromatic carbocycles. The first-order valence-electron chi connectivity index (χ1n) is 6.48. The van der Waals surface area contributed by atoms with Crippen LogP contribution in [0.2, 0.25) is 0 Å². The maximum Gasteiger partial charge on any atom is 0.313 e. The number of rotatable bonds is 1. The molecule has 0 heterocycles. The summed E-state index contributed by atoms with van der Waals surface area (Å²) in [6, 6.07) is 5.85. The summed E-state index contributed by atoms with van der Waals surface area (Å²) in [5.41, 5.74) is 8.38. The molecule has 0 bridgehead atoms. The molecule has 0 amide bonds. The van der Waals surface area contributed by atoms with Crippen molar-refractivity contribution in [3.05, 3.63) is 29.3 Å². The van der Waals surface area contributed by atoms with E-state index in [4.69, 9.17) is 10.5 Å². The molecule has 0 spiro atoms. The molecule has 1 aliphatic carbocycles. The highest BCUT2D eigenvalue weighted by Crippen LogP contribution is 2.34. The first-order chi connectivity index (χ1) is 8.37. The lowest BCUT2D eigenvalue weighted by atomic mass is 9.82. The number of ether oxygens (including phenoxy) is 1. The lowest BCUT2D eigenvalue weighted by molar-refractivity contribution is -0.157. The highest BCUT2D eigenvalue weighted by molar-refractivity contribution is 5.80. The largest absolute Gasteiger partial charge is 0.459 e. The predicted octanol–water partition coefficient (Wildman–Crippen LogP) is 3.03. The smallest absolute Gasteiger partial charge is 0.313 e. The number of nitrogen functional groups attached to an aromatic ring is 1. The van der Waals surface area contributed by atoms with Gasteiger partial charge in [-0.25, -0.2) is 0 Å². The van der Waals surface area contributed by atoms with Gasteiger partial charge in [-0.2, -0.15) is 0 Å². The van der Waals surface area contributed by atoms with Crippen LogP contribution in [-0.4, -0.2) is 11.6 Å². The normalized spacial score (nSPS) is 19.2. The second kappa shape index (κ2) is 4.63. The van der Waals surface area contributed by atoms with Crippen molar-refractivity contribution in [3.8, 4) is 0 Å². The van der Waals surface area contributed by atoms with Gasteiger partial charge in [-0.15, -0.1) is 0 Å². The molecule has 3 nitrogen and oxygen atoms in total. The molecule has 3 heteroatoms. The molecule has 0 fully saturated rings. The molecular weight excluding hydrogens is 226 g/mol. The molecule has 0 radical (unpaired) electrons. The van der Waals surface area contributed by atoms with Crippen LogP contribution >= 0.6 is 0 Å². The Hall–Kier alpha value is -1.51. The Morgan fingerprint density at radius 1 is 1.39 bits per heavy atom. The van der Waals surface area contributed by atoms with Crippen molar-refractivity contribution in [1.29, 1.82) is 0 Å². The quantitative estimate of drug-likeness (QED) is 0.613. The minimum atomic E-state index is -0.435. The number of hydrogen-bond donors (Lipinski definition) is 1. The van der Waals surface area contributed by atoms with Gasteiger partial charge in [0.25, 0.3) is 0 Å². The Morgan fingerprint density at radius 2 is 2.11 bits per heavy atom. The van der Waals surface area contributed by atoms with E-state index in [1.54, 1.807) is 0 Å². The number of anilines is 1. The van der Waals surface area contributed by atoms with Crippen LogP contribution in [0, 0.1) is 0 Å². The van der Waals surface area contributed by atoms with Gasteiger partial charge in [0.1, 0.15) is 5.60 Å². The SMILES string of the molecule is CC(C)(C)OC(=O)C1CCCc2ccc(N)cc21. The first-order valence-corrected chi connectivity index (χ1v) is 6.48. The number of benzene rings is 1. The van der Waals surface area contributed by atoms with Gasteiger partial charge < -0.3 is 10.5 Å². The van der Waals surface area contributed by atoms with Crippen molar-refractivity contribution in [1.82, 2.24) is 0 Å². The Balaban J connectivity index is 2.27. The predicted molar refractivity (Wildman–Crippen MR) is 72.4 cm³/mol. The lowest BCUT2D eigenvalue weighted by Crippen LogP contribution is -2.29. The zero-order valence-corrected chi connectivity index (χ0v) is 11.3. The zero-order chi connectivity index (χ0) is 13.3. The number of carbonyl (C=O) groups excluding carboxylic acids is 1. The van der Waals surface area contributed by atoms with E-state index in [-0.39, 0.29) is 11.9 Å². The summed E-state index contributed by atoms with van der Waals surface area (Å²) >= 11 is 0. The topological polar surface area (TPSA) is 52.3 Å². The molecule has 1 atom stereocenters. The highest BCUT2D eigenvalue weighted by Gasteiger charge is 2.30. The summed E-state index contributed by atoms with van der Waals surface area (Å²) in [4.78, 5) is 12.2. The van der Waals surface area contributed by atoms with Crippen molar-refractivity contribution in [2.45, 2.75) is 51.6 Å². The highest BCUT2D eigenvalue weighted by atomic mass is 16.6. The fourth-order valence-electron chi connectivity index (χ4n) is 2.44. The summed E-state index contributed by atoms with van der Waals surface area (Å²) in [5.74, 6) is -0.287. The zero-order valence-electron chi connectivity index (χ0n) is 11.3. The van der Waals surface area contributed by atoms with Gasteiger partial charge >= 0.3 is 5.97 Å².